The molecule has 29 heavy (non-hydrogen) atoms. The molecule has 0 amide bonds. The number of methoxy groups -OCH3 is 3. The van der Waals surface area contributed by atoms with Crippen LogP contribution in [0.5, 0.6) is 23.1 Å². The van der Waals surface area contributed by atoms with E-state index in [0.29, 0.717) is 39.7 Å². The zero-order valence-corrected chi connectivity index (χ0v) is 16.2. The van der Waals surface area contributed by atoms with Crippen molar-refractivity contribution in [1.29, 1.82) is 0 Å². The zero-order chi connectivity index (χ0) is 20.2. The summed E-state index contributed by atoms with van der Waals surface area (Å²) in [5, 5.41) is 4.81. The van der Waals surface area contributed by atoms with Crippen molar-refractivity contribution in [3.8, 4) is 34.4 Å². The molecular formula is C21H19N3O5. The van der Waals surface area contributed by atoms with E-state index in [1.807, 2.05) is 30.3 Å². The Bertz CT molecular complexity index is 1130. The standard InChI is InChI=1S/C21H19N3O5/c1-25-14-6-4-13(5-7-14)17-8-15(29-24-17)11-28-21-16-9-19(26-2)20(27-3)10-18(16)22-12-23-21/h4-10,12H,11H2,1-3H3. The Morgan fingerprint density at radius 1 is 0.862 bits per heavy atom. The first-order chi connectivity index (χ1) is 14.2. The molecule has 0 bridgehead atoms. The molecule has 0 N–H and O–H groups in total. The van der Waals surface area contributed by atoms with Gasteiger partial charge in [-0.05, 0) is 30.3 Å². The highest BCUT2D eigenvalue weighted by atomic mass is 16.5. The molecule has 2 heterocycles. The fraction of sp³-hybridized carbons (Fsp3) is 0.190. The lowest BCUT2D eigenvalue weighted by molar-refractivity contribution is 0.244. The maximum atomic E-state index is 5.86. The number of rotatable bonds is 7. The quantitative estimate of drug-likeness (QED) is 0.467. The number of ether oxygens (including phenoxy) is 4. The van der Waals surface area contributed by atoms with E-state index in [2.05, 4.69) is 15.1 Å². The fourth-order valence-electron chi connectivity index (χ4n) is 2.89. The van der Waals surface area contributed by atoms with E-state index in [1.165, 1.54) is 6.33 Å². The minimum absolute atomic E-state index is 0.170. The van der Waals surface area contributed by atoms with Crippen molar-refractivity contribution in [2.24, 2.45) is 0 Å². The number of hydrogen-bond acceptors (Lipinski definition) is 8. The van der Waals surface area contributed by atoms with Crippen molar-refractivity contribution in [1.82, 2.24) is 15.1 Å². The predicted molar refractivity (Wildman–Crippen MR) is 105 cm³/mol. The maximum Gasteiger partial charge on any atom is 0.225 e. The second-order valence-electron chi connectivity index (χ2n) is 6.10. The molecular weight excluding hydrogens is 374 g/mol. The Hall–Kier alpha value is -3.81. The van der Waals surface area contributed by atoms with Gasteiger partial charge in [-0.2, -0.15) is 0 Å². The molecule has 8 nitrogen and oxygen atoms in total. The Morgan fingerprint density at radius 2 is 1.62 bits per heavy atom. The summed E-state index contributed by atoms with van der Waals surface area (Å²) in [6.07, 6.45) is 1.44. The van der Waals surface area contributed by atoms with E-state index in [4.69, 9.17) is 23.5 Å². The third kappa shape index (κ3) is 3.77. The summed E-state index contributed by atoms with van der Waals surface area (Å²) < 4.78 is 27.1. The van der Waals surface area contributed by atoms with Crippen LogP contribution < -0.4 is 18.9 Å². The molecule has 2 aromatic carbocycles. The Kier molecular flexibility index (Phi) is 5.15. The number of fused-ring (bicyclic) bond motifs is 1. The summed E-state index contributed by atoms with van der Waals surface area (Å²) in [6.45, 7) is 0.170. The fourth-order valence-corrected chi connectivity index (χ4v) is 2.89. The van der Waals surface area contributed by atoms with Crippen LogP contribution in [-0.4, -0.2) is 36.5 Å². The second kappa shape index (κ2) is 8.05. The van der Waals surface area contributed by atoms with E-state index in [9.17, 15) is 0 Å². The lowest BCUT2D eigenvalue weighted by Gasteiger charge is -2.10. The molecule has 0 aliphatic carbocycles. The summed E-state index contributed by atoms with van der Waals surface area (Å²) in [5.41, 5.74) is 2.32. The number of aromatic nitrogens is 3. The third-order valence-corrected chi connectivity index (χ3v) is 4.40. The van der Waals surface area contributed by atoms with Crippen LogP contribution in [0.4, 0.5) is 0 Å². The molecule has 148 valence electrons. The van der Waals surface area contributed by atoms with E-state index in [-0.39, 0.29) is 6.61 Å². The Morgan fingerprint density at radius 3 is 2.34 bits per heavy atom. The molecule has 4 aromatic rings. The molecule has 0 saturated carbocycles. The van der Waals surface area contributed by atoms with Crippen LogP contribution in [0, 0.1) is 0 Å². The van der Waals surface area contributed by atoms with Gasteiger partial charge in [-0.1, -0.05) is 5.16 Å². The minimum Gasteiger partial charge on any atom is -0.497 e. The van der Waals surface area contributed by atoms with E-state index < -0.39 is 0 Å². The molecule has 0 atom stereocenters. The van der Waals surface area contributed by atoms with Crippen LogP contribution in [0.25, 0.3) is 22.2 Å². The molecule has 8 heteroatoms. The number of benzene rings is 2. The van der Waals surface area contributed by atoms with Gasteiger partial charge in [-0.25, -0.2) is 9.97 Å². The minimum atomic E-state index is 0.170. The monoisotopic (exact) mass is 393 g/mol. The highest BCUT2D eigenvalue weighted by Crippen LogP contribution is 2.34. The zero-order valence-electron chi connectivity index (χ0n) is 16.2. The SMILES string of the molecule is COc1ccc(-c2cc(COc3ncnc4cc(OC)c(OC)cc34)on2)cc1. The van der Waals surface area contributed by atoms with Crippen LogP contribution in [0.15, 0.2) is 53.3 Å². The largest absolute Gasteiger partial charge is 0.497 e. The summed E-state index contributed by atoms with van der Waals surface area (Å²) in [5.74, 6) is 2.93. The number of nitrogens with zero attached hydrogens (tertiary/aromatic N) is 3. The highest BCUT2D eigenvalue weighted by molar-refractivity contribution is 5.86. The predicted octanol–water partition coefficient (Wildman–Crippen LogP) is 3.89. The summed E-state index contributed by atoms with van der Waals surface area (Å²) in [7, 11) is 4.78. The Labute approximate surface area is 167 Å². The summed E-state index contributed by atoms with van der Waals surface area (Å²) in [4.78, 5) is 8.50. The molecule has 4 rings (SSSR count). The molecule has 0 aliphatic heterocycles. The van der Waals surface area contributed by atoms with E-state index >= 15 is 0 Å². The smallest absolute Gasteiger partial charge is 0.225 e. The molecule has 0 radical (unpaired) electrons. The van der Waals surface area contributed by atoms with Crippen molar-refractivity contribution in [2.45, 2.75) is 6.61 Å². The van der Waals surface area contributed by atoms with Crippen LogP contribution in [0.3, 0.4) is 0 Å². The van der Waals surface area contributed by atoms with Gasteiger partial charge in [0.05, 0.1) is 32.2 Å². The van der Waals surface area contributed by atoms with E-state index in [1.54, 1.807) is 33.5 Å². The molecule has 0 unspecified atom stereocenters. The average Bonchev–Trinajstić information content (AvgIpc) is 3.25. The van der Waals surface area contributed by atoms with Gasteiger partial charge in [0.15, 0.2) is 23.9 Å². The molecule has 0 fully saturated rings. The topological polar surface area (TPSA) is 88.7 Å². The van der Waals surface area contributed by atoms with Crippen molar-refractivity contribution in [2.75, 3.05) is 21.3 Å². The first kappa shape index (κ1) is 18.5. The molecule has 0 saturated heterocycles. The molecule has 0 aliphatic rings. The maximum absolute atomic E-state index is 5.86. The third-order valence-electron chi connectivity index (χ3n) is 4.40. The van der Waals surface area contributed by atoms with Gasteiger partial charge in [-0.15, -0.1) is 0 Å². The van der Waals surface area contributed by atoms with Crippen molar-refractivity contribution in [3.63, 3.8) is 0 Å². The van der Waals surface area contributed by atoms with Crippen LogP contribution in [0.1, 0.15) is 5.76 Å². The van der Waals surface area contributed by atoms with Crippen LogP contribution in [0.2, 0.25) is 0 Å². The molecule has 2 aromatic heterocycles. The van der Waals surface area contributed by atoms with Gasteiger partial charge in [0.25, 0.3) is 0 Å². The summed E-state index contributed by atoms with van der Waals surface area (Å²) >= 11 is 0. The van der Waals surface area contributed by atoms with Gasteiger partial charge < -0.3 is 23.5 Å². The van der Waals surface area contributed by atoms with Crippen molar-refractivity contribution in [3.05, 3.63) is 54.6 Å². The molecule has 0 spiro atoms. The first-order valence-electron chi connectivity index (χ1n) is 8.81. The first-order valence-corrected chi connectivity index (χ1v) is 8.81. The van der Waals surface area contributed by atoms with Crippen LogP contribution in [-0.2, 0) is 6.61 Å². The van der Waals surface area contributed by atoms with Gasteiger partial charge in [0, 0.05) is 17.7 Å². The highest BCUT2D eigenvalue weighted by Gasteiger charge is 2.13. The normalized spacial score (nSPS) is 10.7. The Balaban J connectivity index is 1.54. The summed E-state index contributed by atoms with van der Waals surface area (Å²) in [6, 6.07) is 13.0. The van der Waals surface area contributed by atoms with Gasteiger partial charge in [-0.3, -0.25) is 0 Å². The average molecular weight is 393 g/mol. The van der Waals surface area contributed by atoms with Gasteiger partial charge in [0.1, 0.15) is 17.8 Å². The van der Waals surface area contributed by atoms with E-state index in [0.717, 1.165) is 11.3 Å². The van der Waals surface area contributed by atoms with Crippen molar-refractivity contribution < 1.29 is 23.5 Å². The second-order valence-corrected chi connectivity index (χ2v) is 6.10. The van der Waals surface area contributed by atoms with Crippen molar-refractivity contribution >= 4 is 10.9 Å². The van der Waals surface area contributed by atoms with Crippen LogP contribution >= 0.6 is 0 Å². The number of hydrogen-bond donors (Lipinski definition) is 0. The van der Waals surface area contributed by atoms with Gasteiger partial charge >= 0.3 is 0 Å². The lowest BCUT2D eigenvalue weighted by Crippen LogP contribution is -1.99. The van der Waals surface area contributed by atoms with Gasteiger partial charge in [0.2, 0.25) is 5.88 Å². The lowest BCUT2D eigenvalue weighted by atomic mass is 10.1.